The maximum absolute atomic E-state index is 12.2. The van der Waals surface area contributed by atoms with Gasteiger partial charge in [-0.05, 0) is 39.5 Å². The third kappa shape index (κ3) is 2.17. The third-order valence-electron chi connectivity index (χ3n) is 2.61. The molecule has 1 fully saturated rings. The average molecular weight is 217 g/mol. The highest BCUT2D eigenvalue weighted by molar-refractivity contribution is 7.98. The summed E-state index contributed by atoms with van der Waals surface area (Å²) in [7, 11) is -2.20. The van der Waals surface area contributed by atoms with Crippen LogP contribution >= 0.6 is 0 Å². The predicted molar refractivity (Wildman–Crippen MR) is 60.8 cm³/mol. The second kappa shape index (κ2) is 4.03. The van der Waals surface area contributed by atoms with Crippen molar-refractivity contribution in [3.8, 4) is 0 Å². The summed E-state index contributed by atoms with van der Waals surface area (Å²) >= 11 is 0. The third-order valence-corrected chi connectivity index (χ3v) is 4.98. The molecule has 3 nitrogen and oxygen atoms in total. The number of ketones is 1. The molecule has 2 atom stereocenters. The molecule has 14 heavy (non-hydrogen) atoms. The highest BCUT2D eigenvalue weighted by Gasteiger charge is 2.34. The van der Waals surface area contributed by atoms with Gasteiger partial charge in [-0.2, -0.15) is 0 Å². The van der Waals surface area contributed by atoms with Gasteiger partial charge in [0.1, 0.15) is 5.78 Å². The average Bonchev–Trinajstić information content (AvgIpc) is 2.00. The molecule has 1 saturated heterocycles. The zero-order valence-corrected chi connectivity index (χ0v) is 9.97. The highest BCUT2D eigenvalue weighted by atomic mass is 32.2. The molecular weight excluding hydrogens is 198 g/mol. The van der Waals surface area contributed by atoms with Crippen LogP contribution in [-0.2, 0) is 14.5 Å². The van der Waals surface area contributed by atoms with E-state index in [2.05, 4.69) is 5.87 Å². The van der Waals surface area contributed by atoms with Crippen molar-refractivity contribution in [2.24, 2.45) is 0 Å². The topological polar surface area (TPSA) is 37.4 Å². The van der Waals surface area contributed by atoms with Gasteiger partial charge in [0, 0.05) is 21.5 Å². The molecule has 0 aliphatic carbocycles. The number of rotatable bonds is 2. The van der Waals surface area contributed by atoms with E-state index in [1.54, 1.807) is 11.2 Å². The minimum absolute atomic E-state index is 0.106. The van der Waals surface area contributed by atoms with E-state index in [4.69, 9.17) is 0 Å². The Bertz CT molecular complexity index is 319. The number of carbonyl (C=O) groups is 1. The van der Waals surface area contributed by atoms with Gasteiger partial charge in [0.15, 0.2) is 0 Å². The van der Waals surface area contributed by atoms with Crippen molar-refractivity contribution in [3.63, 3.8) is 0 Å². The van der Waals surface area contributed by atoms with E-state index in [0.29, 0.717) is 5.75 Å². The van der Waals surface area contributed by atoms with Gasteiger partial charge in [0.25, 0.3) is 0 Å². The Morgan fingerprint density at radius 3 is 2.50 bits per heavy atom. The highest BCUT2D eigenvalue weighted by Crippen LogP contribution is 2.23. The predicted octanol–water partition coefficient (Wildman–Crippen LogP) is 1.08. The van der Waals surface area contributed by atoms with Crippen LogP contribution in [0.2, 0.25) is 0 Å². The minimum atomic E-state index is -2.20. The van der Waals surface area contributed by atoms with Crippen LogP contribution in [0.4, 0.5) is 0 Å². The standard InChI is InChI=1S/C10H19NO2S/c1-8(2)11-10(9(3)12)6-5-7-14(11,4)13/h8,10H,4-7H2,1-3H3. The molecule has 1 aliphatic heterocycles. The molecule has 0 aromatic heterocycles. The zero-order valence-electron chi connectivity index (χ0n) is 9.16. The molecule has 0 spiro atoms. The van der Waals surface area contributed by atoms with E-state index >= 15 is 0 Å². The Kier molecular flexibility index (Phi) is 3.37. The normalized spacial score (nSPS) is 34.7. The Labute approximate surface area is 86.6 Å². The molecule has 82 valence electrons. The second-order valence-electron chi connectivity index (χ2n) is 4.20. The smallest absolute Gasteiger partial charge is 0.147 e. The Hall–Kier alpha value is -0.350. The van der Waals surface area contributed by atoms with Gasteiger partial charge >= 0.3 is 0 Å². The van der Waals surface area contributed by atoms with Gasteiger partial charge in [0.05, 0.1) is 6.04 Å². The van der Waals surface area contributed by atoms with Crippen LogP contribution in [0.25, 0.3) is 0 Å². The van der Waals surface area contributed by atoms with Crippen LogP contribution in [-0.4, -0.2) is 38.0 Å². The summed E-state index contributed by atoms with van der Waals surface area (Å²) in [6.45, 7) is 5.50. The monoisotopic (exact) mass is 217 g/mol. The van der Waals surface area contributed by atoms with Gasteiger partial charge in [-0.1, -0.05) is 0 Å². The summed E-state index contributed by atoms with van der Waals surface area (Å²) in [5.41, 5.74) is 0. The molecule has 0 amide bonds. The first-order chi connectivity index (χ1) is 6.36. The molecule has 0 saturated carbocycles. The van der Waals surface area contributed by atoms with Crippen molar-refractivity contribution in [2.45, 2.75) is 45.7 Å². The SMILES string of the molecule is C=S1(=O)CCCC(C(C)=O)N1C(C)C. The van der Waals surface area contributed by atoms with Gasteiger partial charge in [-0.25, -0.2) is 4.31 Å². The molecule has 0 aromatic rings. The lowest BCUT2D eigenvalue weighted by atomic mass is 10.1. The van der Waals surface area contributed by atoms with Gasteiger partial charge < -0.3 is 0 Å². The fourth-order valence-electron chi connectivity index (χ4n) is 2.09. The van der Waals surface area contributed by atoms with Gasteiger partial charge in [-0.15, -0.1) is 0 Å². The molecule has 1 rings (SSSR count). The van der Waals surface area contributed by atoms with Crippen LogP contribution in [0, 0.1) is 0 Å². The second-order valence-corrected chi connectivity index (χ2v) is 6.57. The van der Waals surface area contributed by atoms with Crippen LogP contribution in [0.1, 0.15) is 33.6 Å². The number of Topliss-reactive ketones (excluding diaryl/α,β-unsaturated/α-hetero) is 1. The Morgan fingerprint density at radius 2 is 2.14 bits per heavy atom. The van der Waals surface area contributed by atoms with Crippen molar-refractivity contribution in [2.75, 3.05) is 5.75 Å². The first kappa shape index (κ1) is 11.7. The van der Waals surface area contributed by atoms with Gasteiger partial charge in [0.2, 0.25) is 0 Å². The van der Waals surface area contributed by atoms with Gasteiger partial charge in [-0.3, -0.25) is 9.00 Å². The van der Waals surface area contributed by atoms with Crippen LogP contribution in [0.15, 0.2) is 0 Å². The van der Waals surface area contributed by atoms with Crippen molar-refractivity contribution in [1.82, 2.24) is 4.31 Å². The molecule has 0 N–H and O–H groups in total. The number of hydrogen-bond acceptors (Lipinski definition) is 2. The molecular formula is C10H19NO2S. The fraction of sp³-hybridized carbons (Fsp3) is 0.800. The van der Waals surface area contributed by atoms with Crippen LogP contribution in [0.3, 0.4) is 0 Å². The number of carbonyl (C=O) groups excluding carboxylic acids is 1. The van der Waals surface area contributed by atoms with E-state index in [1.165, 1.54) is 0 Å². The lowest BCUT2D eigenvalue weighted by Gasteiger charge is -2.39. The van der Waals surface area contributed by atoms with Crippen molar-refractivity contribution in [3.05, 3.63) is 0 Å². The fourth-order valence-corrected chi connectivity index (χ4v) is 4.41. The van der Waals surface area contributed by atoms with E-state index in [1.807, 2.05) is 13.8 Å². The largest absolute Gasteiger partial charge is 0.298 e. The lowest BCUT2D eigenvalue weighted by molar-refractivity contribution is -0.121. The summed E-state index contributed by atoms with van der Waals surface area (Å²) in [4.78, 5) is 11.4. The summed E-state index contributed by atoms with van der Waals surface area (Å²) in [5.74, 6) is 4.49. The molecule has 0 bridgehead atoms. The molecule has 2 unspecified atom stereocenters. The Balaban J connectivity index is 3.02. The summed E-state index contributed by atoms with van der Waals surface area (Å²) in [5, 5.41) is 0. The minimum Gasteiger partial charge on any atom is -0.298 e. The lowest BCUT2D eigenvalue weighted by Crippen LogP contribution is -2.51. The zero-order chi connectivity index (χ0) is 10.9. The maximum atomic E-state index is 12.2. The first-order valence-corrected chi connectivity index (χ1v) is 6.85. The summed E-state index contributed by atoms with van der Waals surface area (Å²) in [6, 6.07) is -0.0667. The van der Waals surface area contributed by atoms with Crippen LogP contribution < -0.4 is 0 Å². The summed E-state index contributed by atoms with van der Waals surface area (Å²) in [6.07, 6.45) is 1.66. The molecule has 1 aliphatic rings. The molecule has 0 radical (unpaired) electrons. The number of nitrogens with zero attached hydrogens (tertiary/aromatic N) is 1. The van der Waals surface area contributed by atoms with Crippen molar-refractivity contribution in [1.29, 1.82) is 0 Å². The quantitative estimate of drug-likeness (QED) is 0.649. The van der Waals surface area contributed by atoms with Crippen molar-refractivity contribution < 1.29 is 9.00 Å². The summed E-state index contributed by atoms with van der Waals surface area (Å²) < 4.78 is 14.0. The molecule has 4 heteroatoms. The number of hydrogen-bond donors (Lipinski definition) is 0. The van der Waals surface area contributed by atoms with Crippen molar-refractivity contribution >= 4 is 21.4 Å². The molecule has 0 aromatic carbocycles. The maximum Gasteiger partial charge on any atom is 0.147 e. The van der Waals surface area contributed by atoms with E-state index in [-0.39, 0.29) is 17.9 Å². The van der Waals surface area contributed by atoms with E-state index < -0.39 is 9.71 Å². The van der Waals surface area contributed by atoms with E-state index in [0.717, 1.165) is 12.8 Å². The van der Waals surface area contributed by atoms with E-state index in [9.17, 15) is 9.00 Å². The first-order valence-electron chi connectivity index (χ1n) is 5.00. The van der Waals surface area contributed by atoms with Crippen LogP contribution in [0.5, 0.6) is 0 Å². The Morgan fingerprint density at radius 1 is 1.57 bits per heavy atom. The molecule has 1 heterocycles.